The molecule has 1 N–H and O–H groups in total. The van der Waals surface area contributed by atoms with Crippen LogP contribution in [0.1, 0.15) is 5.56 Å². The molecule has 0 amide bonds. The van der Waals surface area contributed by atoms with Crippen LogP contribution >= 0.6 is 0 Å². The molecule has 0 saturated carbocycles. The van der Waals surface area contributed by atoms with Gasteiger partial charge in [0, 0.05) is 6.42 Å². The molecule has 3 nitrogen and oxygen atoms in total. The summed E-state index contributed by atoms with van der Waals surface area (Å²) in [6, 6.07) is 9.33. The van der Waals surface area contributed by atoms with E-state index in [9.17, 15) is 4.79 Å². The summed E-state index contributed by atoms with van der Waals surface area (Å²) in [5, 5.41) is 9.05. The molecule has 1 unspecified atom stereocenters. The van der Waals surface area contributed by atoms with Crippen molar-refractivity contribution in [2.24, 2.45) is 0 Å². The van der Waals surface area contributed by atoms with Crippen LogP contribution in [0.3, 0.4) is 0 Å². The number of rotatable bonds is 4. The number of carbonyl (C=O) groups is 1. The highest BCUT2D eigenvalue weighted by molar-refractivity contribution is 5.37. The van der Waals surface area contributed by atoms with E-state index >= 15 is 0 Å². The maximum Gasteiger partial charge on any atom is 0.295 e. The summed E-state index contributed by atoms with van der Waals surface area (Å²) in [5.74, 6) is 0. The Balaban J connectivity index is 2.46. The molecule has 0 bridgehead atoms. The molecule has 0 aromatic heterocycles. The van der Waals surface area contributed by atoms with Crippen molar-refractivity contribution < 1.29 is 14.6 Å². The van der Waals surface area contributed by atoms with Crippen LogP contribution in [0.25, 0.3) is 0 Å². The van der Waals surface area contributed by atoms with Crippen LogP contribution in [0.4, 0.5) is 0 Å². The molecule has 1 aromatic carbocycles. The Kier molecular flexibility index (Phi) is 3.29. The van der Waals surface area contributed by atoms with E-state index in [4.69, 9.17) is 5.11 Å². The van der Waals surface area contributed by atoms with Gasteiger partial charge in [0.15, 0.2) is 0 Å². The number of carbonyl (C=O) groups excluding carboxylic acids is 1. The van der Waals surface area contributed by atoms with Crippen LogP contribution in [-0.4, -0.2) is 17.9 Å². The number of aliphatic hydroxyl groups excluding tert-OH is 1. The summed E-state index contributed by atoms with van der Waals surface area (Å²) in [6.07, 6.45) is -0.704. The normalized spacial score (nSPS) is 12.1. The third-order valence-corrected chi connectivity index (χ3v) is 1.47. The fourth-order valence-corrected chi connectivity index (χ4v) is 0.928. The average molecular weight is 166 g/mol. The van der Waals surface area contributed by atoms with E-state index in [1.807, 2.05) is 30.3 Å². The lowest BCUT2D eigenvalue weighted by atomic mass is 10.1. The molecule has 64 valence electrons. The van der Waals surface area contributed by atoms with Crippen LogP contribution in [0.5, 0.6) is 0 Å². The number of ether oxygens (including phenoxy) is 1. The molecule has 1 rings (SSSR count). The van der Waals surface area contributed by atoms with E-state index in [1.54, 1.807) is 0 Å². The smallest absolute Gasteiger partial charge is 0.295 e. The number of aliphatic hydroxyl groups is 1. The van der Waals surface area contributed by atoms with E-state index in [0.717, 1.165) is 5.56 Å². The zero-order valence-corrected chi connectivity index (χ0v) is 6.51. The number of hydrogen-bond donors (Lipinski definition) is 1. The molecule has 0 fully saturated rings. The van der Waals surface area contributed by atoms with Crippen molar-refractivity contribution in [3.8, 4) is 0 Å². The number of hydrogen-bond acceptors (Lipinski definition) is 3. The lowest BCUT2D eigenvalue weighted by Gasteiger charge is -2.07. The largest absolute Gasteiger partial charge is 0.438 e. The van der Waals surface area contributed by atoms with Gasteiger partial charge in [-0.3, -0.25) is 4.79 Å². The zero-order valence-electron chi connectivity index (χ0n) is 6.51. The summed E-state index contributed by atoms with van der Waals surface area (Å²) < 4.78 is 4.32. The van der Waals surface area contributed by atoms with Crippen LogP contribution in [0, 0.1) is 0 Å². The molecule has 1 aromatic rings. The maximum absolute atomic E-state index is 9.82. The molecule has 3 heteroatoms. The highest BCUT2D eigenvalue weighted by Gasteiger charge is 2.03. The van der Waals surface area contributed by atoms with E-state index in [-0.39, 0.29) is 6.47 Å². The van der Waals surface area contributed by atoms with Crippen molar-refractivity contribution in [2.75, 3.05) is 0 Å². The van der Waals surface area contributed by atoms with Crippen molar-refractivity contribution in [1.82, 2.24) is 0 Å². The lowest BCUT2D eigenvalue weighted by Crippen LogP contribution is -2.13. The lowest BCUT2D eigenvalue weighted by molar-refractivity contribution is -0.151. The van der Waals surface area contributed by atoms with Crippen molar-refractivity contribution in [2.45, 2.75) is 12.7 Å². The van der Waals surface area contributed by atoms with Gasteiger partial charge in [-0.2, -0.15) is 0 Å². The second kappa shape index (κ2) is 4.51. The second-order valence-electron chi connectivity index (χ2n) is 2.38. The van der Waals surface area contributed by atoms with Crippen molar-refractivity contribution >= 4 is 6.47 Å². The van der Waals surface area contributed by atoms with Gasteiger partial charge in [-0.25, -0.2) is 0 Å². The maximum atomic E-state index is 9.82. The molecule has 0 spiro atoms. The van der Waals surface area contributed by atoms with E-state index in [0.29, 0.717) is 6.42 Å². The predicted molar refractivity (Wildman–Crippen MR) is 43.3 cm³/mol. The SMILES string of the molecule is O=COC(O)Cc1ccccc1. The van der Waals surface area contributed by atoms with Crippen LogP contribution in [0.15, 0.2) is 30.3 Å². The molecule has 0 heterocycles. The first kappa shape index (κ1) is 8.74. The molecule has 0 radical (unpaired) electrons. The average Bonchev–Trinajstić information content (AvgIpc) is 2.06. The molecular weight excluding hydrogens is 156 g/mol. The van der Waals surface area contributed by atoms with Crippen molar-refractivity contribution in [3.63, 3.8) is 0 Å². The van der Waals surface area contributed by atoms with Gasteiger partial charge in [0.2, 0.25) is 6.29 Å². The first-order chi connectivity index (χ1) is 5.83. The van der Waals surface area contributed by atoms with Gasteiger partial charge < -0.3 is 9.84 Å². The summed E-state index contributed by atoms with van der Waals surface area (Å²) in [4.78, 5) is 9.82. The molecule has 1 atom stereocenters. The van der Waals surface area contributed by atoms with Gasteiger partial charge in [0.05, 0.1) is 0 Å². The monoisotopic (exact) mass is 166 g/mol. The van der Waals surface area contributed by atoms with Gasteiger partial charge >= 0.3 is 0 Å². The van der Waals surface area contributed by atoms with E-state index in [2.05, 4.69) is 4.74 Å². The first-order valence-corrected chi connectivity index (χ1v) is 3.64. The van der Waals surface area contributed by atoms with Crippen LogP contribution < -0.4 is 0 Å². The third-order valence-electron chi connectivity index (χ3n) is 1.47. The second-order valence-corrected chi connectivity index (χ2v) is 2.38. The van der Waals surface area contributed by atoms with Crippen LogP contribution in [-0.2, 0) is 16.0 Å². The molecule has 0 saturated heterocycles. The van der Waals surface area contributed by atoms with Gasteiger partial charge in [-0.05, 0) is 5.56 Å². The standard InChI is InChI=1S/C9H10O3/c10-7-12-9(11)6-8-4-2-1-3-5-8/h1-5,7,9,11H,6H2. The third kappa shape index (κ3) is 2.72. The fourth-order valence-electron chi connectivity index (χ4n) is 0.928. The first-order valence-electron chi connectivity index (χ1n) is 3.64. The Bertz CT molecular complexity index is 233. The minimum atomic E-state index is -1.04. The van der Waals surface area contributed by atoms with E-state index in [1.165, 1.54) is 0 Å². The van der Waals surface area contributed by atoms with Gasteiger partial charge in [0.25, 0.3) is 6.47 Å². The summed E-state index contributed by atoms with van der Waals surface area (Å²) >= 11 is 0. The Hall–Kier alpha value is -1.35. The van der Waals surface area contributed by atoms with Crippen molar-refractivity contribution in [1.29, 1.82) is 0 Å². The summed E-state index contributed by atoms with van der Waals surface area (Å²) in [7, 11) is 0. The highest BCUT2D eigenvalue weighted by Crippen LogP contribution is 2.02. The van der Waals surface area contributed by atoms with Crippen molar-refractivity contribution in [3.05, 3.63) is 35.9 Å². The highest BCUT2D eigenvalue weighted by atomic mass is 16.6. The zero-order chi connectivity index (χ0) is 8.81. The van der Waals surface area contributed by atoms with Crippen LogP contribution in [0.2, 0.25) is 0 Å². The summed E-state index contributed by atoms with van der Waals surface area (Å²) in [5.41, 5.74) is 0.937. The minimum Gasteiger partial charge on any atom is -0.438 e. The molecule has 0 aliphatic rings. The molecule has 0 aliphatic carbocycles. The number of benzene rings is 1. The molecular formula is C9H10O3. The van der Waals surface area contributed by atoms with Gasteiger partial charge in [-0.15, -0.1) is 0 Å². The van der Waals surface area contributed by atoms with E-state index < -0.39 is 6.29 Å². The minimum absolute atomic E-state index is 0.244. The predicted octanol–water partition coefficient (Wildman–Crippen LogP) is 0.720. The summed E-state index contributed by atoms with van der Waals surface area (Å²) in [6.45, 7) is 0.244. The Labute approximate surface area is 70.6 Å². The van der Waals surface area contributed by atoms with Gasteiger partial charge in [-0.1, -0.05) is 30.3 Å². The fraction of sp³-hybridized carbons (Fsp3) is 0.222. The molecule has 12 heavy (non-hydrogen) atoms. The Morgan fingerprint density at radius 1 is 1.42 bits per heavy atom. The topological polar surface area (TPSA) is 46.5 Å². The van der Waals surface area contributed by atoms with Gasteiger partial charge in [0.1, 0.15) is 0 Å². The Morgan fingerprint density at radius 3 is 2.67 bits per heavy atom. The Morgan fingerprint density at radius 2 is 2.08 bits per heavy atom. The quantitative estimate of drug-likeness (QED) is 0.529. The molecule has 0 aliphatic heterocycles.